The summed E-state index contributed by atoms with van der Waals surface area (Å²) in [6.45, 7) is 9.10. The molecule has 7 heteroatoms. The molecule has 5 N–H and O–H groups in total. The lowest BCUT2D eigenvalue weighted by atomic mass is 9.88. The number of ketones is 2. The zero-order chi connectivity index (χ0) is 17.6. The van der Waals surface area contributed by atoms with Gasteiger partial charge in [0.1, 0.15) is 5.78 Å². The van der Waals surface area contributed by atoms with Crippen molar-refractivity contribution in [2.75, 3.05) is 13.1 Å². The Balaban J connectivity index is 5.17. The van der Waals surface area contributed by atoms with Gasteiger partial charge in [-0.1, -0.05) is 0 Å². The lowest BCUT2D eigenvalue weighted by Gasteiger charge is -2.34. The van der Waals surface area contributed by atoms with E-state index in [1.165, 1.54) is 6.92 Å². The maximum absolute atomic E-state index is 12.7. The van der Waals surface area contributed by atoms with Crippen molar-refractivity contribution in [1.82, 2.24) is 10.6 Å². The second kappa shape index (κ2) is 8.36. The van der Waals surface area contributed by atoms with Crippen LogP contribution in [0.5, 0.6) is 0 Å². The van der Waals surface area contributed by atoms with Crippen LogP contribution in [0.4, 0.5) is 0 Å². The number of carbonyl (C=O) groups is 3. The molecule has 0 rings (SSSR count). The number of hydrogen-bond donors (Lipinski definition) is 4. The van der Waals surface area contributed by atoms with E-state index in [0.717, 1.165) is 0 Å². The first-order valence-electron chi connectivity index (χ1n) is 7.44. The van der Waals surface area contributed by atoms with Crippen molar-refractivity contribution in [3.63, 3.8) is 0 Å². The van der Waals surface area contributed by atoms with Crippen LogP contribution in [0.3, 0.4) is 0 Å². The fraction of sp³-hybridized carbons (Fsp3) is 0.800. The Hall–Kier alpha value is -1.31. The standard InChI is InChI=1S/C15H29N3O4/c1-10(19)14(2,3)18-11(6-7-12(20)21)13(22)15(4,5)17-9-8-16/h11,17-18H,6-9,16H2,1-5H3,(H,20,21). The maximum atomic E-state index is 12.7. The van der Waals surface area contributed by atoms with Gasteiger partial charge in [0.05, 0.1) is 17.1 Å². The largest absolute Gasteiger partial charge is 0.481 e. The minimum atomic E-state index is -0.979. The van der Waals surface area contributed by atoms with E-state index in [9.17, 15) is 14.4 Å². The average Bonchev–Trinajstić information content (AvgIpc) is 2.39. The first-order chi connectivity index (χ1) is 9.94. The molecule has 0 saturated heterocycles. The minimum absolute atomic E-state index is 0.117. The third-order valence-corrected chi connectivity index (χ3v) is 3.71. The second-order valence-corrected chi connectivity index (χ2v) is 6.52. The van der Waals surface area contributed by atoms with E-state index in [1.54, 1.807) is 27.7 Å². The molecule has 0 radical (unpaired) electrons. The number of carbonyl (C=O) groups excluding carboxylic acids is 2. The topological polar surface area (TPSA) is 122 Å². The molecule has 1 unspecified atom stereocenters. The van der Waals surface area contributed by atoms with E-state index in [-0.39, 0.29) is 24.4 Å². The summed E-state index contributed by atoms with van der Waals surface area (Å²) in [7, 11) is 0. The van der Waals surface area contributed by atoms with Crippen LogP contribution < -0.4 is 16.4 Å². The Morgan fingerprint density at radius 3 is 2.09 bits per heavy atom. The second-order valence-electron chi connectivity index (χ2n) is 6.52. The smallest absolute Gasteiger partial charge is 0.303 e. The van der Waals surface area contributed by atoms with Gasteiger partial charge in [-0.2, -0.15) is 0 Å². The summed E-state index contributed by atoms with van der Waals surface area (Å²) in [5, 5.41) is 14.9. The van der Waals surface area contributed by atoms with Crippen molar-refractivity contribution in [1.29, 1.82) is 0 Å². The van der Waals surface area contributed by atoms with E-state index in [4.69, 9.17) is 10.8 Å². The van der Waals surface area contributed by atoms with Gasteiger partial charge in [-0.3, -0.25) is 19.7 Å². The maximum Gasteiger partial charge on any atom is 0.303 e. The molecule has 0 saturated carbocycles. The van der Waals surface area contributed by atoms with Crippen molar-refractivity contribution in [3.05, 3.63) is 0 Å². The van der Waals surface area contributed by atoms with Crippen molar-refractivity contribution in [2.24, 2.45) is 5.73 Å². The molecule has 0 aliphatic carbocycles. The van der Waals surface area contributed by atoms with Crippen molar-refractivity contribution >= 4 is 17.5 Å². The monoisotopic (exact) mass is 315 g/mol. The van der Waals surface area contributed by atoms with Crippen LogP contribution in [0.15, 0.2) is 0 Å². The highest BCUT2D eigenvalue weighted by Crippen LogP contribution is 2.15. The predicted octanol–water partition coefficient (Wildman–Crippen LogP) is 0.0730. The van der Waals surface area contributed by atoms with E-state index in [0.29, 0.717) is 13.1 Å². The third-order valence-electron chi connectivity index (χ3n) is 3.71. The molecule has 0 bridgehead atoms. The molecule has 0 heterocycles. The quantitative estimate of drug-likeness (QED) is 0.426. The number of hydrogen-bond acceptors (Lipinski definition) is 6. The van der Waals surface area contributed by atoms with Gasteiger partial charge in [-0.15, -0.1) is 0 Å². The molecule has 0 aromatic carbocycles. The van der Waals surface area contributed by atoms with E-state index in [2.05, 4.69) is 10.6 Å². The number of nitrogens with one attached hydrogen (secondary N) is 2. The Bertz CT molecular complexity index is 419. The Morgan fingerprint density at radius 2 is 1.68 bits per heavy atom. The number of rotatable bonds is 11. The summed E-state index contributed by atoms with van der Waals surface area (Å²) in [5.74, 6) is -1.28. The molecule has 0 aromatic rings. The molecule has 0 amide bonds. The summed E-state index contributed by atoms with van der Waals surface area (Å²) in [6.07, 6.45) is -0.0248. The first-order valence-corrected chi connectivity index (χ1v) is 7.44. The normalized spacial score (nSPS) is 13.7. The lowest BCUT2D eigenvalue weighted by molar-refractivity contribution is -0.137. The van der Waals surface area contributed by atoms with Crippen LogP contribution >= 0.6 is 0 Å². The highest BCUT2D eigenvalue weighted by atomic mass is 16.4. The van der Waals surface area contributed by atoms with Crippen LogP contribution in [0.25, 0.3) is 0 Å². The zero-order valence-corrected chi connectivity index (χ0v) is 14.2. The number of nitrogens with two attached hydrogens (primary N) is 1. The number of carboxylic acids is 1. The number of Topliss-reactive ketones (excluding diaryl/α,β-unsaturated/α-hetero) is 2. The van der Waals surface area contributed by atoms with Gasteiger partial charge in [-0.05, 0) is 41.0 Å². The Labute approximate surface area is 132 Å². The van der Waals surface area contributed by atoms with Gasteiger partial charge in [0, 0.05) is 19.5 Å². The van der Waals surface area contributed by atoms with E-state index in [1.807, 2.05) is 0 Å². The van der Waals surface area contributed by atoms with Gasteiger partial charge < -0.3 is 16.2 Å². The molecule has 0 fully saturated rings. The fourth-order valence-electron chi connectivity index (χ4n) is 1.98. The zero-order valence-electron chi connectivity index (χ0n) is 14.2. The minimum Gasteiger partial charge on any atom is -0.481 e. The summed E-state index contributed by atoms with van der Waals surface area (Å²) in [6, 6.07) is -0.727. The highest BCUT2D eigenvalue weighted by Gasteiger charge is 2.37. The number of aliphatic carboxylic acids is 1. The van der Waals surface area contributed by atoms with Crippen LogP contribution in [0.1, 0.15) is 47.5 Å². The Morgan fingerprint density at radius 1 is 1.14 bits per heavy atom. The van der Waals surface area contributed by atoms with E-state index < -0.39 is 23.1 Å². The van der Waals surface area contributed by atoms with Crippen LogP contribution in [-0.2, 0) is 14.4 Å². The molecule has 1 atom stereocenters. The molecule has 0 spiro atoms. The average molecular weight is 315 g/mol. The Kier molecular flexibility index (Phi) is 7.86. The van der Waals surface area contributed by atoms with Gasteiger partial charge >= 0.3 is 5.97 Å². The molecule has 7 nitrogen and oxygen atoms in total. The predicted molar refractivity (Wildman–Crippen MR) is 84.7 cm³/mol. The van der Waals surface area contributed by atoms with E-state index >= 15 is 0 Å². The van der Waals surface area contributed by atoms with Gasteiger partial charge in [0.2, 0.25) is 0 Å². The third kappa shape index (κ3) is 6.64. The van der Waals surface area contributed by atoms with Gasteiger partial charge in [-0.25, -0.2) is 0 Å². The highest BCUT2D eigenvalue weighted by molar-refractivity contribution is 5.94. The van der Waals surface area contributed by atoms with Crippen LogP contribution in [0.2, 0.25) is 0 Å². The molecule has 22 heavy (non-hydrogen) atoms. The molecule has 0 aliphatic rings. The molecule has 0 aromatic heterocycles. The first kappa shape index (κ1) is 20.7. The SMILES string of the molecule is CC(=O)C(C)(C)NC(CCC(=O)O)C(=O)C(C)(C)NCCN. The van der Waals surface area contributed by atoms with Crippen LogP contribution in [-0.4, -0.2) is 52.9 Å². The summed E-state index contributed by atoms with van der Waals surface area (Å²) in [5.41, 5.74) is 3.68. The molecule has 128 valence electrons. The lowest BCUT2D eigenvalue weighted by Crippen LogP contribution is -2.60. The van der Waals surface area contributed by atoms with Crippen molar-refractivity contribution < 1.29 is 19.5 Å². The summed E-state index contributed by atoms with van der Waals surface area (Å²) < 4.78 is 0. The summed E-state index contributed by atoms with van der Waals surface area (Å²) in [4.78, 5) is 35.2. The molecule has 0 aliphatic heterocycles. The van der Waals surface area contributed by atoms with Gasteiger partial charge in [0.25, 0.3) is 0 Å². The van der Waals surface area contributed by atoms with Gasteiger partial charge in [0.15, 0.2) is 5.78 Å². The summed E-state index contributed by atoms with van der Waals surface area (Å²) >= 11 is 0. The van der Waals surface area contributed by atoms with Crippen molar-refractivity contribution in [2.45, 2.75) is 64.6 Å². The fourth-order valence-corrected chi connectivity index (χ4v) is 1.98. The molecular weight excluding hydrogens is 286 g/mol. The number of carboxylic acid groups (broad SMARTS) is 1. The molecular formula is C15H29N3O4. The van der Waals surface area contributed by atoms with Crippen LogP contribution in [0, 0.1) is 0 Å². The van der Waals surface area contributed by atoms with Crippen molar-refractivity contribution in [3.8, 4) is 0 Å².